The monoisotopic (exact) mass is 770 g/mol. The number of carbonyl (C=O) groups is 3. The van der Waals surface area contributed by atoms with Gasteiger partial charge < -0.3 is 41.1 Å². The van der Waals surface area contributed by atoms with Crippen molar-refractivity contribution in [2.24, 2.45) is 5.73 Å². The number of sulfonamides is 1. The number of nitrogens with zero attached hydrogens (tertiary/aromatic N) is 2. The Morgan fingerprint density at radius 3 is 2.39 bits per heavy atom. The fourth-order valence-corrected chi connectivity index (χ4v) is 7.06. The number of aromatic nitrogens is 1. The van der Waals surface area contributed by atoms with Gasteiger partial charge >= 0.3 is 12.1 Å². The molecule has 54 heavy (non-hydrogen) atoms. The summed E-state index contributed by atoms with van der Waals surface area (Å²) in [7, 11) is -3.17. The van der Waals surface area contributed by atoms with Crippen molar-refractivity contribution in [1.82, 2.24) is 15.0 Å². The molecular formula is C37H52N7O9S+. The maximum atomic E-state index is 13.5. The number of anilines is 1. The number of ether oxygens (including phenoxy) is 3. The number of benzene rings is 2. The van der Waals surface area contributed by atoms with Crippen molar-refractivity contribution in [3.05, 3.63) is 77.0 Å². The molecule has 0 saturated heterocycles. The van der Waals surface area contributed by atoms with E-state index in [9.17, 15) is 27.9 Å². The van der Waals surface area contributed by atoms with Crippen LogP contribution in [-0.4, -0.2) is 93.9 Å². The molecule has 0 aliphatic carbocycles. The van der Waals surface area contributed by atoms with E-state index < -0.39 is 52.4 Å². The topological polar surface area (TPSA) is 240 Å². The zero-order valence-electron chi connectivity index (χ0n) is 31.5. The molecule has 1 aromatic heterocycles. The van der Waals surface area contributed by atoms with Crippen LogP contribution in [0.2, 0.25) is 0 Å². The summed E-state index contributed by atoms with van der Waals surface area (Å²) in [5.74, 6) is -0.607. The third kappa shape index (κ3) is 13.2. The highest BCUT2D eigenvalue weighted by atomic mass is 32.2. The Kier molecular flexibility index (Phi) is 16.0. The minimum atomic E-state index is -4.28. The van der Waals surface area contributed by atoms with Crippen molar-refractivity contribution in [2.75, 3.05) is 38.3 Å². The number of carbonyl (C=O) groups excluding carboxylic acids is 3. The van der Waals surface area contributed by atoms with Gasteiger partial charge in [-0.15, -0.1) is 0 Å². The fourth-order valence-electron chi connectivity index (χ4n) is 5.42. The molecule has 2 atom stereocenters. The number of pyridine rings is 1. The Hall–Kier alpha value is -4.94. The van der Waals surface area contributed by atoms with Crippen molar-refractivity contribution in [2.45, 2.75) is 76.6 Å². The minimum absolute atomic E-state index is 0.0517. The first-order valence-electron chi connectivity index (χ1n) is 17.4. The minimum Gasteiger partial charge on any atom is -0.494 e. The maximum Gasteiger partial charge on any atom is 0.416 e. The summed E-state index contributed by atoms with van der Waals surface area (Å²) in [4.78, 5) is 44.5. The molecule has 0 fully saturated rings. The Bertz CT molecular complexity index is 1840. The van der Waals surface area contributed by atoms with E-state index >= 15 is 0 Å². The molecule has 1 heterocycles. The van der Waals surface area contributed by atoms with Gasteiger partial charge in [0, 0.05) is 43.6 Å². The predicted octanol–water partition coefficient (Wildman–Crippen LogP) is 2.41. The zero-order valence-corrected chi connectivity index (χ0v) is 32.4. The van der Waals surface area contributed by atoms with Crippen molar-refractivity contribution in [3.8, 4) is 5.75 Å². The second kappa shape index (κ2) is 19.9. The predicted molar refractivity (Wildman–Crippen MR) is 203 cm³/mol. The van der Waals surface area contributed by atoms with E-state index in [2.05, 4.69) is 15.0 Å². The smallest absolute Gasteiger partial charge is 0.416 e. The van der Waals surface area contributed by atoms with E-state index in [0.717, 1.165) is 13.3 Å². The van der Waals surface area contributed by atoms with Crippen molar-refractivity contribution in [3.63, 3.8) is 0 Å². The SMILES string of the molecule is COC(=O)C(CNC(=O)c1ccc([NH2+]CCCN(C(=O)OC(C)(C)C)c2ccccn2)c(C=N)c1)NS(=O)(=O)c1c(C)cc(OCCCC(N)O)cc1C. The number of amides is 2. The Balaban J connectivity index is 1.64. The molecule has 3 aromatic rings. The summed E-state index contributed by atoms with van der Waals surface area (Å²) in [6.07, 6.45) is 2.65. The lowest BCUT2D eigenvalue weighted by molar-refractivity contribution is -0.571. The molecule has 2 aromatic carbocycles. The third-order valence-corrected chi connectivity index (χ3v) is 9.64. The van der Waals surface area contributed by atoms with Gasteiger partial charge in [-0.05, 0) is 95.0 Å². The van der Waals surface area contributed by atoms with E-state index in [0.29, 0.717) is 66.3 Å². The fraction of sp³-hybridized carbons (Fsp3) is 0.432. The quantitative estimate of drug-likeness (QED) is 0.0340. The van der Waals surface area contributed by atoms with Crippen LogP contribution in [0.25, 0.3) is 0 Å². The summed E-state index contributed by atoms with van der Waals surface area (Å²) in [6, 6.07) is 11.7. The number of quaternary nitrogens is 1. The number of esters is 1. The van der Waals surface area contributed by atoms with Gasteiger partial charge in [0.15, 0.2) is 0 Å². The number of aliphatic hydroxyl groups is 1. The molecule has 294 valence electrons. The van der Waals surface area contributed by atoms with Crippen LogP contribution in [0.4, 0.5) is 16.3 Å². The third-order valence-electron chi connectivity index (χ3n) is 7.86. The van der Waals surface area contributed by atoms with E-state index in [1.807, 2.05) is 5.32 Å². The highest BCUT2D eigenvalue weighted by Gasteiger charge is 2.30. The molecule has 0 saturated carbocycles. The number of rotatable bonds is 19. The summed E-state index contributed by atoms with van der Waals surface area (Å²) < 4.78 is 45.5. The molecule has 2 unspecified atom stereocenters. The van der Waals surface area contributed by atoms with Gasteiger partial charge in [-0.25, -0.2) is 18.2 Å². The van der Waals surface area contributed by atoms with Crippen molar-refractivity contribution in [1.29, 1.82) is 5.41 Å². The van der Waals surface area contributed by atoms with Gasteiger partial charge in [-0.2, -0.15) is 4.72 Å². The second-order valence-corrected chi connectivity index (χ2v) is 15.2. The zero-order chi connectivity index (χ0) is 40.1. The van der Waals surface area contributed by atoms with Crippen LogP contribution in [0.1, 0.15) is 67.1 Å². The lowest BCUT2D eigenvalue weighted by Crippen LogP contribution is -2.78. The average Bonchev–Trinajstić information content (AvgIpc) is 3.10. The molecule has 17 heteroatoms. The van der Waals surface area contributed by atoms with Crippen LogP contribution in [-0.2, 0) is 24.3 Å². The van der Waals surface area contributed by atoms with E-state index in [-0.39, 0.29) is 17.1 Å². The number of hydrogen-bond donors (Lipinski definition) is 6. The van der Waals surface area contributed by atoms with E-state index in [1.54, 1.807) is 83.3 Å². The standard InChI is InChI=1S/C37H51N7O9S/c1-24-19-28(52-18-9-11-31(39)45)20-25(2)33(24)54(49,50)43-30(35(47)51-6)23-42-34(46)26-13-14-29(27(21-26)22-38)40-16-10-17-44(32-12-7-8-15-41-32)36(48)53-37(3,4)5/h7-8,12-15,19-22,30-31,38,40,43,45H,9-11,16-18,23,39H2,1-6H3,(H,42,46)/p+1. The first-order chi connectivity index (χ1) is 25.4. The summed E-state index contributed by atoms with van der Waals surface area (Å²) in [6.45, 7) is 9.27. The largest absolute Gasteiger partial charge is 0.494 e. The number of aryl methyl sites for hydroxylation is 2. The lowest BCUT2D eigenvalue weighted by atomic mass is 10.1. The van der Waals surface area contributed by atoms with Gasteiger partial charge in [0.25, 0.3) is 5.91 Å². The van der Waals surface area contributed by atoms with Gasteiger partial charge in [0.2, 0.25) is 10.0 Å². The normalized spacial score (nSPS) is 12.7. The maximum absolute atomic E-state index is 13.5. The highest BCUT2D eigenvalue weighted by molar-refractivity contribution is 7.89. The van der Waals surface area contributed by atoms with Crippen LogP contribution in [0.3, 0.4) is 0 Å². The molecule has 16 nitrogen and oxygen atoms in total. The molecule has 0 bridgehead atoms. The second-order valence-electron chi connectivity index (χ2n) is 13.5. The van der Waals surface area contributed by atoms with Crippen molar-refractivity contribution < 1.29 is 47.4 Å². The van der Waals surface area contributed by atoms with Crippen LogP contribution in [0, 0.1) is 19.3 Å². The molecule has 0 aliphatic rings. The molecule has 8 N–H and O–H groups in total. The van der Waals surface area contributed by atoms with E-state index in [4.69, 9.17) is 25.4 Å². The summed E-state index contributed by atoms with van der Waals surface area (Å²) in [5.41, 5.74) is 6.74. The number of aliphatic hydroxyl groups excluding tert-OH is 1. The lowest BCUT2D eigenvalue weighted by Gasteiger charge is -2.26. The van der Waals surface area contributed by atoms with Crippen LogP contribution in [0.5, 0.6) is 5.75 Å². The summed E-state index contributed by atoms with van der Waals surface area (Å²) in [5, 5.41) is 21.7. The molecule has 0 radical (unpaired) electrons. The summed E-state index contributed by atoms with van der Waals surface area (Å²) >= 11 is 0. The first-order valence-corrected chi connectivity index (χ1v) is 18.9. The molecular weight excluding hydrogens is 719 g/mol. The molecule has 3 rings (SSSR count). The van der Waals surface area contributed by atoms with Gasteiger partial charge in [0.1, 0.15) is 35.1 Å². The van der Waals surface area contributed by atoms with Crippen LogP contribution < -0.4 is 30.7 Å². The Morgan fingerprint density at radius 2 is 1.80 bits per heavy atom. The average molecular weight is 771 g/mol. The number of methoxy groups -OCH3 is 1. The highest BCUT2D eigenvalue weighted by Crippen LogP contribution is 2.26. The molecule has 0 aliphatic heterocycles. The molecule has 0 spiro atoms. The van der Waals surface area contributed by atoms with Crippen LogP contribution in [0.15, 0.2) is 59.6 Å². The molecule has 2 amide bonds. The van der Waals surface area contributed by atoms with Gasteiger partial charge in [-0.3, -0.25) is 14.5 Å². The Labute approximate surface area is 316 Å². The van der Waals surface area contributed by atoms with Gasteiger partial charge in [0.05, 0.1) is 30.7 Å². The van der Waals surface area contributed by atoms with Crippen molar-refractivity contribution >= 4 is 45.7 Å². The Morgan fingerprint density at radius 1 is 1.09 bits per heavy atom. The number of hydrogen-bond acceptors (Lipinski definition) is 12. The number of nitrogens with two attached hydrogens (primary N) is 2. The first kappa shape index (κ1) is 43.5. The van der Waals surface area contributed by atoms with E-state index in [1.165, 1.54) is 11.0 Å². The van der Waals surface area contributed by atoms with Crippen LogP contribution >= 0.6 is 0 Å². The van der Waals surface area contributed by atoms with Gasteiger partial charge in [-0.1, -0.05) is 6.07 Å². The number of nitrogens with one attached hydrogen (secondary N) is 3.